The summed E-state index contributed by atoms with van der Waals surface area (Å²) in [5.74, 6) is 0.613. The van der Waals surface area contributed by atoms with Crippen LogP contribution in [0, 0.1) is 25.6 Å². The molecule has 1 aliphatic heterocycles. The molecule has 1 aliphatic rings. The topological polar surface area (TPSA) is 12.0 Å². The van der Waals surface area contributed by atoms with E-state index in [9.17, 15) is 4.39 Å². The number of hydrogen-bond donors (Lipinski definition) is 1. The van der Waals surface area contributed by atoms with E-state index in [1.165, 1.54) is 6.42 Å². The van der Waals surface area contributed by atoms with Gasteiger partial charge in [-0.2, -0.15) is 0 Å². The van der Waals surface area contributed by atoms with Crippen molar-refractivity contribution in [1.29, 1.82) is 0 Å². The van der Waals surface area contributed by atoms with Gasteiger partial charge < -0.3 is 5.32 Å². The Bertz CT molecular complexity index is 354. The number of hydrogen-bond acceptors (Lipinski definition) is 1. The highest BCUT2D eigenvalue weighted by atomic mass is 19.1. The molecule has 2 heteroatoms. The maximum absolute atomic E-state index is 13.9. The SMILES string of the molecule is Cc1ccc(C)c(CC2CCNC2)c1F. The van der Waals surface area contributed by atoms with E-state index in [1.807, 2.05) is 26.0 Å². The summed E-state index contributed by atoms with van der Waals surface area (Å²) >= 11 is 0. The van der Waals surface area contributed by atoms with Crippen molar-refractivity contribution in [2.24, 2.45) is 5.92 Å². The Morgan fingerprint density at radius 2 is 2.07 bits per heavy atom. The zero-order valence-electron chi connectivity index (χ0n) is 9.44. The Morgan fingerprint density at radius 1 is 1.33 bits per heavy atom. The molecular formula is C13H18FN. The number of benzene rings is 1. The molecule has 0 amide bonds. The summed E-state index contributed by atoms with van der Waals surface area (Å²) in [5, 5.41) is 3.32. The van der Waals surface area contributed by atoms with Gasteiger partial charge >= 0.3 is 0 Å². The Hall–Kier alpha value is -0.890. The molecule has 1 aromatic carbocycles. The molecule has 1 atom stereocenters. The molecule has 0 radical (unpaired) electrons. The second-order valence-electron chi connectivity index (χ2n) is 4.55. The highest BCUT2D eigenvalue weighted by molar-refractivity contribution is 5.32. The van der Waals surface area contributed by atoms with Gasteiger partial charge in [0.25, 0.3) is 0 Å². The van der Waals surface area contributed by atoms with Gasteiger partial charge in [0.05, 0.1) is 0 Å². The van der Waals surface area contributed by atoms with Gasteiger partial charge in [0, 0.05) is 0 Å². The zero-order valence-corrected chi connectivity index (χ0v) is 9.44. The van der Waals surface area contributed by atoms with Gasteiger partial charge in [-0.15, -0.1) is 0 Å². The first-order valence-electron chi connectivity index (χ1n) is 5.64. The molecule has 2 rings (SSSR count). The fourth-order valence-electron chi connectivity index (χ4n) is 2.26. The molecule has 0 aromatic heterocycles. The minimum absolute atomic E-state index is 0.00176. The first-order chi connectivity index (χ1) is 7.18. The average Bonchev–Trinajstić information content (AvgIpc) is 2.71. The lowest BCUT2D eigenvalue weighted by atomic mass is 9.93. The summed E-state index contributed by atoms with van der Waals surface area (Å²) in [6.07, 6.45) is 2.05. The van der Waals surface area contributed by atoms with Crippen molar-refractivity contribution < 1.29 is 4.39 Å². The summed E-state index contributed by atoms with van der Waals surface area (Å²) < 4.78 is 13.9. The predicted octanol–water partition coefficient (Wildman–Crippen LogP) is 2.59. The Morgan fingerprint density at radius 3 is 2.73 bits per heavy atom. The normalized spacial score (nSPS) is 20.9. The van der Waals surface area contributed by atoms with Crippen molar-refractivity contribution in [1.82, 2.24) is 5.32 Å². The molecule has 1 aromatic rings. The van der Waals surface area contributed by atoms with Gasteiger partial charge in [-0.05, 0) is 62.4 Å². The third-order valence-electron chi connectivity index (χ3n) is 3.33. The standard InChI is InChI=1S/C13H18FN/c1-9-3-4-10(2)13(14)12(9)7-11-5-6-15-8-11/h3-4,11,15H,5-8H2,1-2H3. The number of halogens is 1. The third kappa shape index (κ3) is 2.20. The maximum Gasteiger partial charge on any atom is 0.129 e. The molecule has 0 bridgehead atoms. The maximum atomic E-state index is 13.9. The van der Waals surface area contributed by atoms with Crippen molar-refractivity contribution in [2.75, 3.05) is 13.1 Å². The van der Waals surface area contributed by atoms with E-state index in [1.54, 1.807) is 0 Å². The molecule has 0 aliphatic carbocycles. The largest absolute Gasteiger partial charge is 0.316 e. The van der Waals surface area contributed by atoms with E-state index < -0.39 is 0 Å². The van der Waals surface area contributed by atoms with Crippen LogP contribution in [0.15, 0.2) is 12.1 Å². The Labute approximate surface area is 90.7 Å². The summed E-state index contributed by atoms with van der Waals surface area (Å²) in [5.41, 5.74) is 2.77. The van der Waals surface area contributed by atoms with Crippen LogP contribution >= 0.6 is 0 Å². The second kappa shape index (κ2) is 4.31. The smallest absolute Gasteiger partial charge is 0.129 e. The minimum atomic E-state index is 0.00176. The lowest BCUT2D eigenvalue weighted by molar-refractivity contribution is 0.538. The molecule has 1 fully saturated rings. The van der Waals surface area contributed by atoms with Crippen molar-refractivity contribution >= 4 is 0 Å². The average molecular weight is 207 g/mol. The van der Waals surface area contributed by atoms with Crippen molar-refractivity contribution in [3.05, 3.63) is 34.6 Å². The zero-order chi connectivity index (χ0) is 10.8. The van der Waals surface area contributed by atoms with E-state index >= 15 is 0 Å². The Balaban J connectivity index is 2.22. The highest BCUT2D eigenvalue weighted by Gasteiger charge is 2.18. The molecule has 1 saturated heterocycles. The number of aryl methyl sites for hydroxylation is 2. The van der Waals surface area contributed by atoms with Crippen LogP contribution in [0.2, 0.25) is 0 Å². The monoisotopic (exact) mass is 207 g/mol. The van der Waals surface area contributed by atoms with Crippen molar-refractivity contribution in [3.63, 3.8) is 0 Å². The molecule has 1 nitrogen and oxygen atoms in total. The lowest BCUT2D eigenvalue weighted by Crippen LogP contribution is -2.12. The first kappa shape index (κ1) is 10.6. The molecule has 0 spiro atoms. The van der Waals surface area contributed by atoms with E-state index in [-0.39, 0.29) is 5.82 Å². The van der Waals surface area contributed by atoms with E-state index in [0.717, 1.165) is 36.2 Å². The van der Waals surface area contributed by atoms with Gasteiger partial charge in [0.2, 0.25) is 0 Å². The van der Waals surface area contributed by atoms with E-state index in [2.05, 4.69) is 5.32 Å². The quantitative estimate of drug-likeness (QED) is 0.786. The fourth-order valence-corrected chi connectivity index (χ4v) is 2.26. The van der Waals surface area contributed by atoms with Crippen LogP contribution in [0.4, 0.5) is 4.39 Å². The van der Waals surface area contributed by atoms with Gasteiger partial charge in [-0.3, -0.25) is 0 Å². The molecule has 15 heavy (non-hydrogen) atoms. The van der Waals surface area contributed by atoms with Crippen molar-refractivity contribution in [3.8, 4) is 0 Å². The molecular weight excluding hydrogens is 189 g/mol. The van der Waals surface area contributed by atoms with Crippen LogP contribution in [0.25, 0.3) is 0 Å². The van der Waals surface area contributed by atoms with Crippen molar-refractivity contribution in [2.45, 2.75) is 26.7 Å². The summed E-state index contributed by atoms with van der Waals surface area (Å²) in [6.45, 7) is 5.95. The Kier molecular flexibility index (Phi) is 3.06. The van der Waals surface area contributed by atoms with Gasteiger partial charge in [-0.1, -0.05) is 12.1 Å². The number of nitrogens with one attached hydrogen (secondary N) is 1. The first-order valence-corrected chi connectivity index (χ1v) is 5.64. The molecule has 1 N–H and O–H groups in total. The third-order valence-corrected chi connectivity index (χ3v) is 3.33. The van der Waals surface area contributed by atoms with Crippen LogP contribution in [-0.2, 0) is 6.42 Å². The second-order valence-corrected chi connectivity index (χ2v) is 4.55. The predicted molar refractivity (Wildman–Crippen MR) is 60.6 cm³/mol. The fraction of sp³-hybridized carbons (Fsp3) is 0.538. The summed E-state index contributed by atoms with van der Waals surface area (Å²) in [7, 11) is 0. The summed E-state index contributed by atoms with van der Waals surface area (Å²) in [6, 6.07) is 3.89. The van der Waals surface area contributed by atoms with Gasteiger partial charge in [0.15, 0.2) is 0 Å². The number of rotatable bonds is 2. The van der Waals surface area contributed by atoms with E-state index in [4.69, 9.17) is 0 Å². The van der Waals surface area contributed by atoms with E-state index in [0.29, 0.717) is 5.92 Å². The summed E-state index contributed by atoms with van der Waals surface area (Å²) in [4.78, 5) is 0. The van der Waals surface area contributed by atoms with Gasteiger partial charge in [-0.25, -0.2) is 4.39 Å². The van der Waals surface area contributed by atoms with Crippen LogP contribution < -0.4 is 5.32 Å². The van der Waals surface area contributed by atoms with Gasteiger partial charge in [0.1, 0.15) is 5.82 Å². The molecule has 0 saturated carbocycles. The van der Waals surface area contributed by atoms with Crippen LogP contribution in [0.1, 0.15) is 23.1 Å². The minimum Gasteiger partial charge on any atom is -0.316 e. The van der Waals surface area contributed by atoms with Crippen LogP contribution in [0.5, 0.6) is 0 Å². The van der Waals surface area contributed by atoms with Crippen LogP contribution in [-0.4, -0.2) is 13.1 Å². The lowest BCUT2D eigenvalue weighted by Gasteiger charge is -2.13. The molecule has 1 heterocycles. The highest BCUT2D eigenvalue weighted by Crippen LogP contribution is 2.22. The van der Waals surface area contributed by atoms with Crippen LogP contribution in [0.3, 0.4) is 0 Å². The molecule has 82 valence electrons. The molecule has 1 unspecified atom stereocenters.